The van der Waals surface area contributed by atoms with Gasteiger partial charge in [0.2, 0.25) is 5.91 Å². The normalized spacial score (nSPS) is 14.3. The number of nitrogens with two attached hydrogens (primary N) is 1. The lowest BCUT2D eigenvalue weighted by Gasteiger charge is -2.28. The van der Waals surface area contributed by atoms with Gasteiger partial charge in [0, 0.05) is 25.1 Å². The molecule has 1 heterocycles. The fourth-order valence-electron chi connectivity index (χ4n) is 2.41. The predicted molar refractivity (Wildman–Crippen MR) is 89.1 cm³/mol. The molecule has 4 N–H and O–H groups in total. The number of anilines is 1. The number of urea groups is 1. The van der Waals surface area contributed by atoms with Crippen LogP contribution in [0, 0.1) is 0 Å². The fraction of sp³-hybridized carbons (Fsp3) is 0.438. The van der Waals surface area contributed by atoms with Crippen molar-refractivity contribution >= 4 is 23.5 Å². The number of rotatable bonds is 7. The minimum absolute atomic E-state index is 0.199. The van der Waals surface area contributed by atoms with Gasteiger partial charge >= 0.3 is 6.03 Å². The van der Waals surface area contributed by atoms with E-state index in [1.165, 1.54) is 12.0 Å². The quantitative estimate of drug-likeness (QED) is 0.632. The highest BCUT2D eigenvalue weighted by atomic mass is 16.5. The van der Waals surface area contributed by atoms with E-state index in [2.05, 4.69) is 10.6 Å². The average molecular weight is 334 g/mol. The Balaban J connectivity index is 2.16. The van der Waals surface area contributed by atoms with Crippen molar-refractivity contribution < 1.29 is 19.1 Å². The molecule has 1 aliphatic rings. The predicted octanol–water partition coefficient (Wildman–Crippen LogP) is 0.610. The minimum atomic E-state index is -0.523. The number of hydrogen-bond acceptors (Lipinski definition) is 5. The molecule has 1 aliphatic heterocycles. The Morgan fingerprint density at radius 2 is 2.17 bits per heavy atom. The van der Waals surface area contributed by atoms with E-state index in [1.54, 1.807) is 18.2 Å². The van der Waals surface area contributed by atoms with Crippen LogP contribution in [-0.4, -0.2) is 44.6 Å². The number of nitrogens with zero attached hydrogens (tertiary/aromatic N) is 1. The molecule has 8 nitrogen and oxygen atoms in total. The Kier molecular flexibility index (Phi) is 6.14. The van der Waals surface area contributed by atoms with Gasteiger partial charge in [-0.1, -0.05) is 0 Å². The van der Waals surface area contributed by atoms with Gasteiger partial charge in [0.25, 0.3) is 5.91 Å². The van der Waals surface area contributed by atoms with Crippen LogP contribution in [-0.2, 0) is 4.79 Å². The van der Waals surface area contributed by atoms with Gasteiger partial charge in [-0.3, -0.25) is 19.8 Å². The van der Waals surface area contributed by atoms with Crippen LogP contribution in [0.25, 0.3) is 0 Å². The number of ether oxygens (including phenoxy) is 1. The van der Waals surface area contributed by atoms with E-state index in [9.17, 15) is 14.4 Å². The summed E-state index contributed by atoms with van der Waals surface area (Å²) in [6, 6.07) is 4.33. The molecule has 0 atom stereocenters. The maximum atomic E-state index is 12.2. The minimum Gasteiger partial charge on any atom is -0.495 e. The summed E-state index contributed by atoms with van der Waals surface area (Å²) in [6.45, 7) is 1.37. The second-order valence-electron chi connectivity index (χ2n) is 5.39. The molecule has 0 bridgehead atoms. The SMILES string of the molecule is COc1ccc(C(=O)NCCCCN)cc1N1CCC(=O)NC1=O. The highest BCUT2D eigenvalue weighted by Crippen LogP contribution is 2.30. The van der Waals surface area contributed by atoms with Crippen molar-refractivity contribution in [3.05, 3.63) is 23.8 Å². The first kappa shape index (κ1) is 17.7. The zero-order valence-electron chi connectivity index (χ0n) is 13.6. The number of methoxy groups -OCH3 is 1. The highest BCUT2D eigenvalue weighted by molar-refractivity contribution is 6.07. The van der Waals surface area contributed by atoms with Gasteiger partial charge in [-0.25, -0.2) is 4.79 Å². The van der Waals surface area contributed by atoms with E-state index in [-0.39, 0.29) is 24.8 Å². The molecular formula is C16H22N4O4. The monoisotopic (exact) mass is 334 g/mol. The van der Waals surface area contributed by atoms with Crippen LogP contribution in [0.2, 0.25) is 0 Å². The van der Waals surface area contributed by atoms with Crippen molar-refractivity contribution in [3.63, 3.8) is 0 Å². The summed E-state index contributed by atoms with van der Waals surface area (Å²) in [4.78, 5) is 36.9. The Labute approximate surface area is 140 Å². The molecule has 4 amide bonds. The maximum Gasteiger partial charge on any atom is 0.328 e. The largest absolute Gasteiger partial charge is 0.495 e. The van der Waals surface area contributed by atoms with Crippen molar-refractivity contribution in [1.82, 2.24) is 10.6 Å². The molecule has 0 radical (unpaired) electrons. The summed E-state index contributed by atoms with van der Waals surface area (Å²) in [6.07, 6.45) is 1.85. The molecule has 8 heteroatoms. The fourth-order valence-corrected chi connectivity index (χ4v) is 2.41. The Hall–Kier alpha value is -2.61. The van der Waals surface area contributed by atoms with Gasteiger partial charge in [-0.2, -0.15) is 0 Å². The number of nitrogens with one attached hydrogen (secondary N) is 2. The molecule has 0 aliphatic carbocycles. The van der Waals surface area contributed by atoms with E-state index in [4.69, 9.17) is 10.5 Å². The van der Waals surface area contributed by atoms with Gasteiger partial charge in [-0.15, -0.1) is 0 Å². The molecule has 24 heavy (non-hydrogen) atoms. The topological polar surface area (TPSA) is 114 Å². The summed E-state index contributed by atoms with van der Waals surface area (Å²) in [7, 11) is 1.48. The summed E-state index contributed by atoms with van der Waals surface area (Å²) >= 11 is 0. The number of imide groups is 1. The molecular weight excluding hydrogens is 312 g/mol. The molecule has 1 aromatic rings. The lowest BCUT2D eigenvalue weighted by Crippen LogP contribution is -2.49. The number of amides is 4. The third kappa shape index (κ3) is 4.23. The van der Waals surface area contributed by atoms with E-state index >= 15 is 0 Å². The summed E-state index contributed by atoms with van der Waals surface area (Å²) in [5.41, 5.74) is 6.30. The average Bonchev–Trinajstić information content (AvgIpc) is 2.58. The van der Waals surface area contributed by atoms with Gasteiger partial charge in [0.15, 0.2) is 0 Å². The van der Waals surface area contributed by atoms with E-state index in [1.807, 2.05) is 0 Å². The summed E-state index contributed by atoms with van der Waals surface area (Å²) < 4.78 is 5.27. The first-order valence-electron chi connectivity index (χ1n) is 7.84. The Morgan fingerprint density at radius 3 is 2.83 bits per heavy atom. The molecule has 1 aromatic carbocycles. The van der Waals surface area contributed by atoms with Gasteiger partial charge < -0.3 is 15.8 Å². The second kappa shape index (κ2) is 8.30. The number of hydrogen-bond donors (Lipinski definition) is 3. The molecule has 0 aromatic heterocycles. The van der Waals surface area contributed by atoms with Gasteiger partial charge in [0.1, 0.15) is 5.75 Å². The first-order chi connectivity index (χ1) is 11.6. The molecule has 1 saturated heterocycles. The lowest BCUT2D eigenvalue weighted by atomic mass is 10.1. The summed E-state index contributed by atoms with van der Waals surface area (Å²) in [5, 5.41) is 5.07. The Bertz CT molecular complexity index is 633. The number of unbranched alkanes of at least 4 members (excludes halogenated alkanes) is 1. The van der Waals surface area contributed by atoms with Crippen LogP contribution in [0.15, 0.2) is 18.2 Å². The number of benzene rings is 1. The van der Waals surface area contributed by atoms with Crippen molar-refractivity contribution in [2.75, 3.05) is 31.6 Å². The standard InChI is InChI=1S/C16H22N4O4/c1-24-13-5-4-11(15(22)18-8-3-2-7-17)10-12(13)20-9-6-14(21)19-16(20)23/h4-5,10H,2-3,6-9,17H2,1H3,(H,18,22)(H,19,21,23). The first-order valence-corrected chi connectivity index (χ1v) is 7.84. The van der Waals surface area contributed by atoms with Crippen molar-refractivity contribution in [1.29, 1.82) is 0 Å². The van der Waals surface area contributed by atoms with Gasteiger partial charge in [-0.05, 0) is 37.6 Å². The van der Waals surface area contributed by atoms with Crippen LogP contribution < -0.4 is 26.0 Å². The van der Waals surface area contributed by atoms with E-state index < -0.39 is 6.03 Å². The second-order valence-corrected chi connectivity index (χ2v) is 5.39. The zero-order chi connectivity index (χ0) is 17.5. The van der Waals surface area contributed by atoms with Crippen molar-refractivity contribution in [3.8, 4) is 5.75 Å². The molecule has 0 unspecified atom stereocenters. The molecule has 2 rings (SSSR count). The Morgan fingerprint density at radius 1 is 1.38 bits per heavy atom. The molecule has 0 saturated carbocycles. The van der Waals surface area contributed by atoms with Crippen molar-refractivity contribution in [2.24, 2.45) is 5.73 Å². The smallest absolute Gasteiger partial charge is 0.328 e. The molecule has 0 spiro atoms. The van der Waals surface area contributed by atoms with E-state index in [0.717, 1.165) is 12.8 Å². The third-order valence-electron chi connectivity index (χ3n) is 3.70. The van der Waals surface area contributed by atoms with Crippen LogP contribution >= 0.6 is 0 Å². The van der Waals surface area contributed by atoms with E-state index in [0.29, 0.717) is 30.1 Å². The number of carbonyl (C=O) groups excluding carboxylic acids is 3. The molecule has 130 valence electrons. The van der Waals surface area contributed by atoms with Gasteiger partial charge in [0.05, 0.1) is 12.8 Å². The lowest BCUT2D eigenvalue weighted by molar-refractivity contribution is -0.120. The maximum absolute atomic E-state index is 12.2. The molecule has 1 fully saturated rings. The van der Waals surface area contributed by atoms with Crippen molar-refractivity contribution in [2.45, 2.75) is 19.3 Å². The van der Waals surface area contributed by atoms with Crippen LogP contribution in [0.5, 0.6) is 5.75 Å². The highest BCUT2D eigenvalue weighted by Gasteiger charge is 2.27. The zero-order valence-corrected chi connectivity index (χ0v) is 13.6. The van der Waals surface area contributed by atoms with Crippen LogP contribution in [0.3, 0.4) is 0 Å². The van der Waals surface area contributed by atoms with Crippen LogP contribution in [0.1, 0.15) is 29.6 Å². The third-order valence-corrected chi connectivity index (χ3v) is 3.70. The number of carbonyl (C=O) groups is 3. The summed E-state index contributed by atoms with van der Waals surface area (Å²) in [5.74, 6) is -0.0902. The van der Waals surface area contributed by atoms with Crippen LogP contribution in [0.4, 0.5) is 10.5 Å².